The molecule has 0 aliphatic heterocycles. The molecular formula is C14H22N2O3. The average Bonchev–Trinajstić information content (AvgIpc) is 2.38. The van der Waals surface area contributed by atoms with Crippen LogP contribution in [0, 0.1) is 0 Å². The van der Waals surface area contributed by atoms with Crippen LogP contribution in [-0.4, -0.2) is 32.2 Å². The lowest BCUT2D eigenvalue weighted by molar-refractivity contribution is -0.119. The SMILES string of the molecule is COc1ccc(CC(C)NC(C)C(N)=O)cc1OC. The van der Waals surface area contributed by atoms with Crippen LogP contribution in [0.5, 0.6) is 11.5 Å². The smallest absolute Gasteiger partial charge is 0.234 e. The van der Waals surface area contributed by atoms with Gasteiger partial charge in [-0.15, -0.1) is 0 Å². The number of nitrogens with one attached hydrogen (secondary N) is 1. The number of methoxy groups -OCH3 is 2. The van der Waals surface area contributed by atoms with Gasteiger partial charge in [-0.3, -0.25) is 4.79 Å². The maximum atomic E-state index is 11.0. The van der Waals surface area contributed by atoms with Gasteiger partial charge < -0.3 is 20.5 Å². The zero-order valence-electron chi connectivity index (χ0n) is 11.9. The van der Waals surface area contributed by atoms with Crippen molar-refractivity contribution in [2.24, 2.45) is 5.73 Å². The van der Waals surface area contributed by atoms with Crippen LogP contribution in [0.2, 0.25) is 0 Å². The fraction of sp³-hybridized carbons (Fsp3) is 0.500. The lowest BCUT2D eigenvalue weighted by Crippen LogP contribution is -2.44. The first-order valence-corrected chi connectivity index (χ1v) is 6.24. The van der Waals surface area contributed by atoms with E-state index in [1.54, 1.807) is 21.1 Å². The first-order valence-electron chi connectivity index (χ1n) is 6.24. The summed E-state index contributed by atoms with van der Waals surface area (Å²) in [5.74, 6) is 1.06. The van der Waals surface area contributed by atoms with Crippen LogP contribution >= 0.6 is 0 Å². The van der Waals surface area contributed by atoms with Crippen molar-refractivity contribution in [3.05, 3.63) is 23.8 Å². The van der Waals surface area contributed by atoms with Crippen molar-refractivity contribution in [3.8, 4) is 11.5 Å². The number of ether oxygens (including phenoxy) is 2. The number of hydrogen-bond donors (Lipinski definition) is 2. The molecule has 19 heavy (non-hydrogen) atoms. The maximum Gasteiger partial charge on any atom is 0.234 e. The second-order valence-corrected chi connectivity index (χ2v) is 4.59. The van der Waals surface area contributed by atoms with Crippen LogP contribution < -0.4 is 20.5 Å². The van der Waals surface area contributed by atoms with Gasteiger partial charge in [-0.05, 0) is 38.0 Å². The molecule has 2 atom stereocenters. The zero-order valence-corrected chi connectivity index (χ0v) is 11.9. The molecule has 1 aromatic rings. The molecule has 0 aliphatic rings. The second kappa shape index (κ2) is 6.99. The van der Waals surface area contributed by atoms with E-state index in [0.717, 1.165) is 12.0 Å². The fourth-order valence-electron chi connectivity index (χ4n) is 1.93. The van der Waals surface area contributed by atoms with Gasteiger partial charge in [0.05, 0.1) is 20.3 Å². The van der Waals surface area contributed by atoms with Gasteiger partial charge in [0.25, 0.3) is 0 Å². The summed E-state index contributed by atoms with van der Waals surface area (Å²) in [7, 11) is 3.22. The van der Waals surface area contributed by atoms with Gasteiger partial charge in [0.1, 0.15) is 0 Å². The summed E-state index contributed by atoms with van der Waals surface area (Å²) >= 11 is 0. The lowest BCUT2D eigenvalue weighted by Gasteiger charge is -2.18. The molecule has 0 saturated carbocycles. The third kappa shape index (κ3) is 4.44. The van der Waals surface area contributed by atoms with E-state index >= 15 is 0 Å². The van der Waals surface area contributed by atoms with Crippen LogP contribution in [0.1, 0.15) is 19.4 Å². The third-order valence-corrected chi connectivity index (χ3v) is 2.95. The summed E-state index contributed by atoms with van der Waals surface area (Å²) in [4.78, 5) is 11.0. The van der Waals surface area contributed by atoms with E-state index in [0.29, 0.717) is 11.5 Å². The number of rotatable bonds is 7. The first-order chi connectivity index (χ1) is 8.97. The Kier molecular flexibility index (Phi) is 5.63. The molecule has 2 unspecified atom stereocenters. The Morgan fingerprint density at radius 2 is 1.89 bits per heavy atom. The molecule has 0 heterocycles. The van der Waals surface area contributed by atoms with Crippen LogP contribution in [0.4, 0.5) is 0 Å². The molecule has 1 amide bonds. The van der Waals surface area contributed by atoms with E-state index < -0.39 is 0 Å². The van der Waals surface area contributed by atoms with Crippen LogP contribution in [0.3, 0.4) is 0 Å². The predicted octanol–water partition coefficient (Wildman–Crippen LogP) is 1.10. The highest BCUT2D eigenvalue weighted by Crippen LogP contribution is 2.27. The van der Waals surface area contributed by atoms with Crippen molar-refractivity contribution in [3.63, 3.8) is 0 Å². The van der Waals surface area contributed by atoms with Crippen molar-refractivity contribution < 1.29 is 14.3 Å². The van der Waals surface area contributed by atoms with Crippen molar-refractivity contribution >= 4 is 5.91 Å². The molecule has 5 heteroatoms. The Morgan fingerprint density at radius 1 is 1.26 bits per heavy atom. The molecule has 0 spiro atoms. The third-order valence-electron chi connectivity index (χ3n) is 2.95. The number of carbonyl (C=O) groups is 1. The van der Waals surface area contributed by atoms with Gasteiger partial charge in [-0.1, -0.05) is 6.07 Å². The molecule has 0 aliphatic carbocycles. The lowest BCUT2D eigenvalue weighted by atomic mass is 10.1. The summed E-state index contributed by atoms with van der Waals surface area (Å²) in [6.45, 7) is 3.77. The molecule has 0 fully saturated rings. The Labute approximate surface area is 114 Å². The minimum absolute atomic E-state index is 0.139. The van der Waals surface area contributed by atoms with Gasteiger partial charge in [0, 0.05) is 6.04 Å². The highest BCUT2D eigenvalue weighted by molar-refractivity contribution is 5.79. The number of primary amides is 1. The predicted molar refractivity (Wildman–Crippen MR) is 74.5 cm³/mol. The van der Waals surface area contributed by atoms with Gasteiger partial charge in [-0.25, -0.2) is 0 Å². The van der Waals surface area contributed by atoms with Gasteiger partial charge >= 0.3 is 0 Å². The topological polar surface area (TPSA) is 73.6 Å². The van der Waals surface area contributed by atoms with Gasteiger partial charge in [0.2, 0.25) is 5.91 Å². The molecule has 0 bridgehead atoms. The van der Waals surface area contributed by atoms with Crippen molar-refractivity contribution in [2.45, 2.75) is 32.4 Å². The molecular weight excluding hydrogens is 244 g/mol. The number of hydrogen-bond acceptors (Lipinski definition) is 4. The molecule has 5 nitrogen and oxygen atoms in total. The maximum absolute atomic E-state index is 11.0. The highest BCUT2D eigenvalue weighted by Gasteiger charge is 2.13. The zero-order chi connectivity index (χ0) is 14.4. The summed E-state index contributed by atoms with van der Waals surface area (Å²) in [5, 5.41) is 3.15. The summed E-state index contributed by atoms with van der Waals surface area (Å²) < 4.78 is 10.4. The summed E-state index contributed by atoms with van der Waals surface area (Å²) in [6.07, 6.45) is 0.776. The van der Waals surface area contributed by atoms with E-state index in [1.807, 2.05) is 25.1 Å². The molecule has 1 aromatic carbocycles. The number of carbonyl (C=O) groups excluding carboxylic acids is 1. The molecule has 0 saturated heterocycles. The van der Waals surface area contributed by atoms with Crippen molar-refractivity contribution in [1.82, 2.24) is 5.32 Å². The van der Waals surface area contributed by atoms with Crippen LogP contribution in [0.15, 0.2) is 18.2 Å². The van der Waals surface area contributed by atoms with Crippen molar-refractivity contribution in [1.29, 1.82) is 0 Å². The van der Waals surface area contributed by atoms with E-state index in [1.165, 1.54) is 0 Å². The Morgan fingerprint density at radius 3 is 2.42 bits per heavy atom. The molecule has 106 valence electrons. The number of benzene rings is 1. The first kappa shape index (κ1) is 15.3. The Bertz CT molecular complexity index is 435. The quantitative estimate of drug-likeness (QED) is 0.775. The minimum atomic E-state index is -0.348. The second-order valence-electron chi connectivity index (χ2n) is 4.59. The number of amides is 1. The van der Waals surface area contributed by atoms with Crippen LogP contribution in [-0.2, 0) is 11.2 Å². The van der Waals surface area contributed by atoms with E-state index in [-0.39, 0.29) is 18.0 Å². The molecule has 1 rings (SSSR count). The largest absolute Gasteiger partial charge is 0.493 e. The van der Waals surface area contributed by atoms with E-state index in [9.17, 15) is 4.79 Å². The average molecular weight is 266 g/mol. The molecule has 3 N–H and O–H groups in total. The summed E-state index contributed by atoms with van der Waals surface area (Å²) in [5.41, 5.74) is 6.33. The van der Waals surface area contributed by atoms with Crippen molar-refractivity contribution in [2.75, 3.05) is 14.2 Å². The Balaban J connectivity index is 2.69. The molecule has 0 radical (unpaired) electrons. The minimum Gasteiger partial charge on any atom is -0.493 e. The fourth-order valence-corrected chi connectivity index (χ4v) is 1.93. The van der Waals surface area contributed by atoms with Crippen LogP contribution in [0.25, 0.3) is 0 Å². The van der Waals surface area contributed by atoms with Gasteiger partial charge in [0.15, 0.2) is 11.5 Å². The molecule has 0 aromatic heterocycles. The summed E-state index contributed by atoms with van der Waals surface area (Å²) in [6, 6.07) is 5.59. The standard InChI is InChI=1S/C14H22N2O3/c1-9(16-10(2)14(15)17)7-11-5-6-12(18-3)13(8-11)19-4/h5-6,8-10,16H,7H2,1-4H3,(H2,15,17). The Hall–Kier alpha value is -1.75. The monoisotopic (exact) mass is 266 g/mol. The van der Waals surface area contributed by atoms with Gasteiger partial charge in [-0.2, -0.15) is 0 Å². The van der Waals surface area contributed by atoms with E-state index in [2.05, 4.69) is 5.32 Å². The highest BCUT2D eigenvalue weighted by atomic mass is 16.5. The number of nitrogens with two attached hydrogens (primary N) is 1. The normalized spacial score (nSPS) is 13.7. The van der Waals surface area contributed by atoms with E-state index in [4.69, 9.17) is 15.2 Å².